The predicted octanol–water partition coefficient (Wildman–Crippen LogP) is 13.2. The molecule has 1 heterocycles. The van der Waals surface area contributed by atoms with Crippen molar-refractivity contribution in [2.24, 2.45) is 0 Å². The summed E-state index contributed by atoms with van der Waals surface area (Å²) in [6.07, 6.45) is 50.9. The van der Waals surface area contributed by atoms with Crippen molar-refractivity contribution < 1.29 is 49.3 Å². The lowest BCUT2D eigenvalue weighted by atomic mass is 9.99. The maximum Gasteiger partial charge on any atom is 0.306 e. The van der Waals surface area contributed by atoms with Crippen LogP contribution in [0.4, 0.5) is 0 Å². The molecule has 11 heteroatoms. The van der Waals surface area contributed by atoms with Crippen molar-refractivity contribution in [2.75, 3.05) is 13.2 Å². The molecule has 1 aliphatic rings. The number of carbonyl (C=O) groups is 2. The SMILES string of the molecule is CCCCC/C=C\C/C=C\C/C=C\C/C=C\CCCCCC(=O)OC1C(OCC(NC(=O)C(O)CCCC/C=C\CCCCCCCC)C(O)/C=C/CCCCCCCCCCCC)OC(CO)C(O)C1O. The second kappa shape index (κ2) is 49.0. The predicted molar refractivity (Wildman–Crippen MR) is 296 cm³/mol. The van der Waals surface area contributed by atoms with Gasteiger partial charge in [0.1, 0.15) is 24.4 Å². The van der Waals surface area contributed by atoms with E-state index in [4.69, 9.17) is 14.2 Å². The van der Waals surface area contributed by atoms with E-state index in [0.29, 0.717) is 12.8 Å². The first-order chi connectivity index (χ1) is 35.2. The number of unbranched alkanes of at least 4 members (excludes halogenated alkanes) is 24. The van der Waals surface area contributed by atoms with Crippen molar-refractivity contribution in [3.8, 4) is 0 Å². The van der Waals surface area contributed by atoms with Gasteiger partial charge in [0.15, 0.2) is 12.4 Å². The third-order valence-electron chi connectivity index (χ3n) is 13.3. The summed E-state index contributed by atoms with van der Waals surface area (Å²) in [5.41, 5.74) is 0. The topological polar surface area (TPSA) is 175 Å². The average molecular weight is 1010 g/mol. The summed E-state index contributed by atoms with van der Waals surface area (Å²) >= 11 is 0. The maximum absolute atomic E-state index is 13.3. The first-order valence-electron chi connectivity index (χ1n) is 29.2. The Hall–Kier alpha value is -2.90. The summed E-state index contributed by atoms with van der Waals surface area (Å²) in [6.45, 7) is 5.70. The van der Waals surface area contributed by atoms with E-state index < -0.39 is 67.4 Å². The fourth-order valence-electron chi connectivity index (χ4n) is 8.63. The van der Waals surface area contributed by atoms with Crippen LogP contribution in [0, 0.1) is 0 Å². The zero-order valence-corrected chi connectivity index (χ0v) is 45.8. The van der Waals surface area contributed by atoms with E-state index in [-0.39, 0.29) is 19.4 Å². The molecule has 8 atom stereocenters. The highest BCUT2D eigenvalue weighted by atomic mass is 16.7. The van der Waals surface area contributed by atoms with Crippen LogP contribution in [-0.2, 0) is 23.8 Å². The molecule has 1 aliphatic heterocycles. The molecule has 11 nitrogen and oxygen atoms in total. The number of esters is 1. The van der Waals surface area contributed by atoms with E-state index in [9.17, 15) is 35.1 Å². The van der Waals surface area contributed by atoms with Crippen molar-refractivity contribution in [1.82, 2.24) is 5.32 Å². The molecule has 1 saturated heterocycles. The van der Waals surface area contributed by atoms with Crippen molar-refractivity contribution in [3.63, 3.8) is 0 Å². The minimum absolute atomic E-state index is 0.0820. The van der Waals surface area contributed by atoms with E-state index in [0.717, 1.165) is 77.0 Å². The Balaban J connectivity index is 2.75. The van der Waals surface area contributed by atoms with Crippen molar-refractivity contribution in [3.05, 3.63) is 72.9 Å². The van der Waals surface area contributed by atoms with Crippen molar-refractivity contribution in [2.45, 2.75) is 288 Å². The van der Waals surface area contributed by atoms with Crippen LogP contribution in [0.25, 0.3) is 0 Å². The van der Waals surface area contributed by atoms with Crippen LogP contribution in [0.3, 0.4) is 0 Å². The lowest BCUT2D eigenvalue weighted by Crippen LogP contribution is -2.61. The van der Waals surface area contributed by atoms with Gasteiger partial charge in [0.2, 0.25) is 5.91 Å². The van der Waals surface area contributed by atoms with E-state index in [1.54, 1.807) is 6.08 Å². The fourth-order valence-corrected chi connectivity index (χ4v) is 8.63. The lowest BCUT2D eigenvalue weighted by molar-refractivity contribution is -0.305. The van der Waals surface area contributed by atoms with Crippen LogP contribution in [0.15, 0.2) is 72.9 Å². The Morgan fingerprint density at radius 1 is 0.542 bits per heavy atom. The largest absolute Gasteiger partial charge is 0.454 e. The van der Waals surface area contributed by atoms with E-state index >= 15 is 0 Å². The fraction of sp³-hybridized carbons (Fsp3) is 0.770. The molecular formula is C61H107NO10. The first kappa shape index (κ1) is 67.1. The number of aliphatic hydroxyl groups is 5. The molecule has 1 rings (SSSR count). The van der Waals surface area contributed by atoms with Crippen molar-refractivity contribution >= 4 is 11.9 Å². The van der Waals surface area contributed by atoms with Gasteiger partial charge in [-0.25, -0.2) is 0 Å². The maximum atomic E-state index is 13.3. The molecule has 0 aliphatic carbocycles. The monoisotopic (exact) mass is 1010 g/mol. The first-order valence-corrected chi connectivity index (χ1v) is 29.2. The Kier molecular flexibility index (Phi) is 45.7. The number of hydrogen-bond donors (Lipinski definition) is 6. The van der Waals surface area contributed by atoms with Gasteiger partial charge in [-0.2, -0.15) is 0 Å². The Bertz CT molecular complexity index is 1440. The number of rotatable bonds is 48. The van der Waals surface area contributed by atoms with Gasteiger partial charge in [0.25, 0.3) is 0 Å². The van der Waals surface area contributed by atoms with E-state index in [1.807, 2.05) is 6.08 Å². The van der Waals surface area contributed by atoms with E-state index in [2.05, 4.69) is 86.8 Å². The van der Waals surface area contributed by atoms with Gasteiger partial charge in [-0.15, -0.1) is 0 Å². The van der Waals surface area contributed by atoms with Crippen molar-refractivity contribution in [1.29, 1.82) is 0 Å². The second-order valence-corrected chi connectivity index (χ2v) is 20.0. The second-order valence-electron chi connectivity index (χ2n) is 20.0. The molecule has 1 amide bonds. The number of nitrogens with one attached hydrogen (secondary N) is 1. The zero-order valence-electron chi connectivity index (χ0n) is 45.8. The average Bonchev–Trinajstić information content (AvgIpc) is 3.38. The van der Waals surface area contributed by atoms with Crippen LogP contribution in [-0.4, -0.2) is 99.6 Å². The van der Waals surface area contributed by atoms with Gasteiger partial charge >= 0.3 is 5.97 Å². The van der Waals surface area contributed by atoms with Crippen LogP contribution in [0.1, 0.15) is 239 Å². The standard InChI is InChI=1S/C61H107NO10/c1-4-7-10-13-16-19-22-25-26-27-28-29-30-31-34-37-40-43-46-49-56(66)72-59-58(68)57(67)55(50-63)71-61(59)70-51-52(53(64)47-44-41-38-35-32-23-20-17-14-11-8-5-2)62-60(69)54(65)48-45-42-39-36-33-24-21-18-15-12-9-6-3/h16,19,25-26,28-29,31,33-34,36,44,47,52-55,57-59,61,63-65,67-68H,4-15,17-18,20-24,27,30,32,35,37-43,45-46,48-51H2,1-3H3,(H,62,69)/b19-16-,26-25-,29-28-,34-31-,36-33-,47-44+. The molecule has 6 N–H and O–H groups in total. The third kappa shape index (κ3) is 36.9. The molecule has 1 fully saturated rings. The summed E-state index contributed by atoms with van der Waals surface area (Å²) in [7, 11) is 0. The smallest absolute Gasteiger partial charge is 0.306 e. The van der Waals surface area contributed by atoms with Gasteiger partial charge in [0.05, 0.1) is 25.4 Å². The van der Waals surface area contributed by atoms with Crippen LogP contribution in [0.2, 0.25) is 0 Å². The molecule has 0 aromatic carbocycles. The minimum atomic E-state index is -1.63. The highest BCUT2D eigenvalue weighted by molar-refractivity contribution is 5.80. The van der Waals surface area contributed by atoms with Gasteiger partial charge in [-0.05, 0) is 96.3 Å². The third-order valence-corrected chi connectivity index (χ3v) is 13.3. The zero-order chi connectivity index (χ0) is 52.5. The number of ether oxygens (including phenoxy) is 3. The summed E-state index contributed by atoms with van der Waals surface area (Å²) < 4.78 is 17.5. The number of carbonyl (C=O) groups excluding carboxylic acids is 2. The van der Waals surface area contributed by atoms with Gasteiger partial charge < -0.3 is 45.1 Å². The van der Waals surface area contributed by atoms with Gasteiger partial charge in [0, 0.05) is 6.42 Å². The van der Waals surface area contributed by atoms with Gasteiger partial charge in [-0.1, -0.05) is 209 Å². The van der Waals surface area contributed by atoms with Crippen LogP contribution in [0.5, 0.6) is 0 Å². The number of aliphatic hydroxyl groups excluding tert-OH is 5. The Morgan fingerprint density at radius 3 is 1.47 bits per heavy atom. The molecule has 0 spiro atoms. The molecule has 72 heavy (non-hydrogen) atoms. The number of allylic oxidation sites excluding steroid dienone is 11. The minimum Gasteiger partial charge on any atom is -0.454 e. The molecule has 0 aromatic heterocycles. The highest BCUT2D eigenvalue weighted by Gasteiger charge is 2.47. The van der Waals surface area contributed by atoms with E-state index in [1.165, 1.54) is 116 Å². The quantitative estimate of drug-likeness (QED) is 0.0195. The summed E-state index contributed by atoms with van der Waals surface area (Å²) in [5, 5.41) is 56.8. The molecule has 0 saturated carbocycles. The van der Waals surface area contributed by atoms with Gasteiger partial charge in [-0.3, -0.25) is 9.59 Å². The normalized spacial score (nSPS) is 20.0. The number of amides is 1. The molecular weight excluding hydrogens is 907 g/mol. The molecule has 0 radical (unpaired) electrons. The molecule has 0 bridgehead atoms. The van der Waals surface area contributed by atoms with Crippen LogP contribution >= 0.6 is 0 Å². The molecule has 416 valence electrons. The summed E-state index contributed by atoms with van der Waals surface area (Å²) in [6, 6.07) is -1.04. The Labute approximate surface area is 439 Å². The summed E-state index contributed by atoms with van der Waals surface area (Å²) in [5.74, 6) is -1.25. The number of hydrogen-bond acceptors (Lipinski definition) is 10. The molecule has 8 unspecified atom stereocenters. The highest BCUT2D eigenvalue weighted by Crippen LogP contribution is 2.26. The summed E-state index contributed by atoms with van der Waals surface area (Å²) in [4.78, 5) is 26.4. The van der Waals surface area contributed by atoms with Crippen LogP contribution < -0.4 is 5.32 Å². The Morgan fingerprint density at radius 2 is 0.958 bits per heavy atom. The molecule has 0 aromatic rings. The lowest BCUT2D eigenvalue weighted by Gasteiger charge is -2.41.